The molecule has 1 aliphatic carbocycles. The minimum Gasteiger partial charge on any atom is -0.544 e. The number of carbonyl (C=O) groups excluding carboxylic acids is 1. The normalized spacial score (nSPS) is 15.0. The molecule has 0 amide bonds. The number of ether oxygens (including phenoxy) is 1. The third-order valence-electron chi connectivity index (χ3n) is 3.41. The van der Waals surface area contributed by atoms with E-state index in [0.29, 0.717) is 12.2 Å². The number of aromatic nitrogens is 1. The van der Waals surface area contributed by atoms with E-state index in [-0.39, 0.29) is 5.97 Å². The molecule has 21 heavy (non-hydrogen) atoms. The molecule has 0 atom stereocenters. The van der Waals surface area contributed by atoms with Crippen molar-refractivity contribution < 1.29 is 14.0 Å². The fraction of sp³-hybridized carbons (Fsp3) is 0.562. The number of rotatable bonds is 4. The highest BCUT2D eigenvalue weighted by Gasteiger charge is 2.28. The molecule has 4 nitrogen and oxygen atoms in total. The van der Waals surface area contributed by atoms with E-state index < -0.39 is 8.32 Å². The van der Waals surface area contributed by atoms with Crippen molar-refractivity contribution in [2.24, 2.45) is 7.05 Å². The summed E-state index contributed by atoms with van der Waals surface area (Å²) >= 11 is 0. The van der Waals surface area contributed by atoms with Crippen molar-refractivity contribution in [3.63, 3.8) is 0 Å². The number of aryl methyl sites for hydroxylation is 1. The first kappa shape index (κ1) is 15.9. The van der Waals surface area contributed by atoms with Crippen LogP contribution in [-0.4, -0.2) is 25.5 Å². The number of fused-ring (bicyclic) bond motifs is 1. The summed E-state index contributed by atoms with van der Waals surface area (Å²) in [7, 11) is 0.253. The smallest absolute Gasteiger partial charge is 0.340 e. The molecule has 1 aromatic heterocycles. The van der Waals surface area contributed by atoms with Crippen LogP contribution >= 0.6 is 0 Å². The van der Waals surface area contributed by atoms with Gasteiger partial charge < -0.3 is 13.7 Å². The maximum atomic E-state index is 12.2. The lowest BCUT2D eigenvalue weighted by atomic mass is 10.1. The van der Waals surface area contributed by atoms with Crippen LogP contribution in [0.1, 0.15) is 41.4 Å². The van der Waals surface area contributed by atoms with Gasteiger partial charge >= 0.3 is 5.97 Å². The van der Waals surface area contributed by atoms with Gasteiger partial charge in [-0.15, -0.1) is 0 Å². The highest BCUT2D eigenvalue weighted by molar-refractivity contribution is 6.70. The Bertz CT molecular complexity index is 567. The van der Waals surface area contributed by atoms with Crippen molar-refractivity contribution in [3.8, 4) is 0 Å². The summed E-state index contributed by atoms with van der Waals surface area (Å²) < 4.78 is 13.5. The molecular formula is C16H25NO3Si. The van der Waals surface area contributed by atoms with E-state index in [2.05, 4.69) is 25.7 Å². The molecule has 0 saturated carbocycles. The lowest BCUT2D eigenvalue weighted by molar-refractivity contribution is 0.0525. The van der Waals surface area contributed by atoms with Crippen molar-refractivity contribution in [3.05, 3.63) is 29.1 Å². The van der Waals surface area contributed by atoms with Crippen LogP contribution < -0.4 is 0 Å². The Morgan fingerprint density at radius 1 is 1.38 bits per heavy atom. The number of carbonyl (C=O) groups is 1. The van der Waals surface area contributed by atoms with E-state index in [1.165, 1.54) is 5.69 Å². The minimum absolute atomic E-state index is 0.263. The van der Waals surface area contributed by atoms with Crippen LogP contribution in [0.2, 0.25) is 19.6 Å². The summed E-state index contributed by atoms with van der Waals surface area (Å²) in [5, 5.41) is 0. The van der Waals surface area contributed by atoms with E-state index >= 15 is 0 Å². The molecule has 0 aromatic carbocycles. The van der Waals surface area contributed by atoms with E-state index in [9.17, 15) is 4.79 Å². The lowest BCUT2D eigenvalue weighted by Gasteiger charge is -2.22. The molecule has 0 spiro atoms. The molecule has 0 fully saturated rings. The first-order valence-electron chi connectivity index (χ1n) is 7.58. The van der Waals surface area contributed by atoms with Crippen LogP contribution in [0, 0.1) is 0 Å². The Morgan fingerprint density at radius 3 is 2.71 bits per heavy atom. The second kappa shape index (κ2) is 6.09. The first-order chi connectivity index (χ1) is 9.83. The predicted molar refractivity (Wildman–Crippen MR) is 86.7 cm³/mol. The van der Waals surface area contributed by atoms with Gasteiger partial charge in [0.1, 0.15) is 5.76 Å². The topological polar surface area (TPSA) is 40.5 Å². The highest BCUT2D eigenvalue weighted by Crippen LogP contribution is 2.33. The number of nitrogens with zero attached hydrogens (tertiary/aromatic N) is 1. The van der Waals surface area contributed by atoms with E-state index in [1.807, 2.05) is 24.7 Å². The quantitative estimate of drug-likeness (QED) is 0.628. The van der Waals surface area contributed by atoms with Crippen LogP contribution in [0.3, 0.4) is 0 Å². The highest BCUT2D eigenvalue weighted by atomic mass is 28.4. The molecule has 1 aromatic rings. The second-order valence-corrected chi connectivity index (χ2v) is 10.8. The summed E-state index contributed by atoms with van der Waals surface area (Å²) in [6.07, 6.45) is 7.02. The zero-order valence-electron chi connectivity index (χ0n) is 13.7. The van der Waals surface area contributed by atoms with Crippen LogP contribution in [0.25, 0.3) is 5.76 Å². The van der Waals surface area contributed by atoms with Crippen molar-refractivity contribution in [2.75, 3.05) is 6.61 Å². The van der Waals surface area contributed by atoms with Crippen molar-refractivity contribution in [2.45, 2.75) is 45.8 Å². The van der Waals surface area contributed by atoms with Crippen LogP contribution in [-0.2, 0) is 22.6 Å². The number of hydrogen-bond donors (Lipinski definition) is 0. The largest absolute Gasteiger partial charge is 0.544 e. The number of hydrogen-bond acceptors (Lipinski definition) is 3. The Labute approximate surface area is 127 Å². The Balaban J connectivity index is 2.50. The van der Waals surface area contributed by atoms with Crippen LogP contribution in [0.4, 0.5) is 0 Å². The molecule has 1 aliphatic rings. The van der Waals surface area contributed by atoms with Crippen LogP contribution in [0.5, 0.6) is 0 Å². The van der Waals surface area contributed by atoms with Gasteiger partial charge in [0, 0.05) is 18.9 Å². The minimum atomic E-state index is -1.73. The molecule has 0 bridgehead atoms. The summed E-state index contributed by atoms with van der Waals surface area (Å²) in [6.45, 7) is 8.69. The Kier molecular flexibility index (Phi) is 4.61. The van der Waals surface area contributed by atoms with Gasteiger partial charge in [-0.05, 0) is 51.9 Å². The van der Waals surface area contributed by atoms with Gasteiger partial charge in [-0.25, -0.2) is 4.79 Å². The second-order valence-electron chi connectivity index (χ2n) is 6.37. The van der Waals surface area contributed by atoms with Gasteiger partial charge in [0.05, 0.1) is 17.7 Å². The molecule has 116 valence electrons. The Hall–Kier alpha value is -1.49. The molecule has 0 unspecified atom stereocenters. The average Bonchev–Trinajstić information content (AvgIpc) is 2.56. The van der Waals surface area contributed by atoms with Crippen molar-refractivity contribution >= 4 is 20.0 Å². The molecule has 0 saturated heterocycles. The predicted octanol–water partition coefficient (Wildman–Crippen LogP) is 3.73. The standard InChI is InChI=1S/C16H25NO3Si/c1-6-19-16(18)12-11-17(2)13-9-7-8-10-14(15(12)13)20-21(3,4)5/h10-11H,6-9H2,1-5H3. The zero-order valence-corrected chi connectivity index (χ0v) is 14.7. The molecule has 0 aliphatic heterocycles. The fourth-order valence-electron chi connectivity index (χ4n) is 2.64. The maximum Gasteiger partial charge on any atom is 0.340 e. The molecule has 0 N–H and O–H groups in total. The van der Waals surface area contributed by atoms with E-state index in [0.717, 1.165) is 30.6 Å². The molecule has 2 rings (SSSR count). The number of allylic oxidation sites excluding steroid dienone is 1. The summed E-state index contributed by atoms with van der Waals surface area (Å²) in [4.78, 5) is 12.2. The van der Waals surface area contributed by atoms with E-state index in [1.54, 1.807) is 0 Å². The molecule has 1 heterocycles. The maximum absolute atomic E-state index is 12.2. The third kappa shape index (κ3) is 3.58. The number of esters is 1. The molecule has 0 radical (unpaired) electrons. The monoisotopic (exact) mass is 307 g/mol. The van der Waals surface area contributed by atoms with Gasteiger partial charge in [-0.3, -0.25) is 0 Å². The van der Waals surface area contributed by atoms with Crippen molar-refractivity contribution in [1.29, 1.82) is 0 Å². The van der Waals surface area contributed by atoms with Gasteiger partial charge in [-0.2, -0.15) is 0 Å². The van der Waals surface area contributed by atoms with Gasteiger partial charge in [0.25, 0.3) is 0 Å². The third-order valence-corrected chi connectivity index (χ3v) is 4.24. The van der Waals surface area contributed by atoms with Gasteiger partial charge in [0.2, 0.25) is 8.32 Å². The van der Waals surface area contributed by atoms with Crippen LogP contribution in [0.15, 0.2) is 12.3 Å². The van der Waals surface area contributed by atoms with Gasteiger partial charge in [0.15, 0.2) is 0 Å². The van der Waals surface area contributed by atoms with Gasteiger partial charge in [-0.1, -0.05) is 0 Å². The summed E-state index contributed by atoms with van der Waals surface area (Å²) in [6, 6.07) is 0. The van der Waals surface area contributed by atoms with Crippen molar-refractivity contribution in [1.82, 2.24) is 4.57 Å². The Morgan fingerprint density at radius 2 is 2.10 bits per heavy atom. The summed E-state index contributed by atoms with van der Waals surface area (Å²) in [5.41, 5.74) is 2.73. The molecular weight excluding hydrogens is 282 g/mol. The lowest BCUT2D eigenvalue weighted by Crippen LogP contribution is -2.25. The summed E-state index contributed by atoms with van der Waals surface area (Å²) in [5.74, 6) is 0.603. The molecule has 5 heteroatoms. The first-order valence-corrected chi connectivity index (χ1v) is 11.0. The average molecular weight is 307 g/mol. The van der Waals surface area contributed by atoms with E-state index in [4.69, 9.17) is 9.16 Å². The zero-order chi connectivity index (χ0) is 15.6. The fourth-order valence-corrected chi connectivity index (χ4v) is 3.48. The SMILES string of the molecule is CCOC(=O)c1cn(C)c2c1C(O[Si](C)(C)C)=CCCC2.